The Hall–Kier alpha value is -3.20. The molecule has 0 fully saturated rings. The Balaban J connectivity index is 1.71. The third-order valence-corrected chi connectivity index (χ3v) is 4.63. The molecule has 0 radical (unpaired) electrons. The molecule has 1 aliphatic carbocycles. The Morgan fingerprint density at radius 1 is 0.800 bits per heavy atom. The average Bonchev–Trinajstić information content (AvgIpc) is 2.96. The molecule has 0 heterocycles. The molecule has 0 aromatic heterocycles. The summed E-state index contributed by atoms with van der Waals surface area (Å²) in [5, 5.41) is 2.97. The molecule has 0 atom stereocenters. The average molecular weight is 327 g/mol. The van der Waals surface area contributed by atoms with E-state index in [0.29, 0.717) is 11.3 Å². The van der Waals surface area contributed by atoms with Crippen molar-refractivity contribution in [2.45, 2.75) is 12.8 Å². The normalized spacial score (nSPS) is 12.4. The van der Waals surface area contributed by atoms with E-state index in [-0.39, 0.29) is 17.6 Å². The molecule has 25 heavy (non-hydrogen) atoms. The zero-order chi connectivity index (χ0) is 17.4. The first kappa shape index (κ1) is 15.3. The van der Waals surface area contributed by atoms with Crippen molar-refractivity contribution < 1.29 is 9.59 Å². The number of ketones is 1. The Labute approximate surface area is 146 Å². The van der Waals surface area contributed by atoms with E-state index in [1.54, 1.807) is 24.3 Å². The van der Waals surface area contributed by atoms with Gasteiger partial charge in [-0.15, -0.1) is 0 Å². The molecule has 4 rings (SSSR count). The predicted molar refractivity (Wildman–Crippen MR) is 98.8 cm³/mol. The van der Waals surface area contributed by atoms with Crippen molar-refractivity contribution in [2.24, 2.45) is 0 Å². The molecule has 0 saturated heterocycles. The maximum atomic E-state index is 13.0. The van der Waals surface area contributed by atoms with Crippen LogP contribution in [0, 0.1) is 0 Å². The van der Waals surface area contributed by atoms with E-state index in [0.717, 1.165) is 22.3 Å². The SMILES string of the molecule is CC(=O)c1cccc(NC(=O)C2c3ccccc3-c3ccccc32)c1. The molecule has 3 aromatic carbocycles. The molecule has 0 saturated carbocycles. The van der Waals surface area contributed by atoms with Crippen LogP contribution < -0.4 is 5.32 Å². The van der Waals surface area contributed by atoms with Gasteiger partial charge in [0.2, 0.25) is 5.91 Å². The van der Waals surface area contributed by atoms with E-state index in [4.69, 9.17) is 0 Å². The van der Waals surface area contributed by atoms with Crippen molar-refractivity contribution in [3.8, 4) is 11.1 Å². The van der Waals surface area contributed by atoms with Gasteiger partial charge in [-0.1, -0.05) is 60.7 Å². The van der Waals surface area contributed by atoms with Crippen LogP contribution >= 0.6 is 0 Å². The smallest absolute Gasteiger partial charge is 0.236 e. The molecule has 3 heteroatoms. The Bertz CT molecular complexity index is 945. The van der Waals surface area contributed by atoms with Gasteiger partial charge in [-0.25, -0.2) is 0 Å². The largest absolute Gasteiger partial charge is 0.325 e. The molecule has 1 amide bonds. The zero-order valence-corrected chi connectivity index (χ0v) is 13.8. The number of nitrogens with one attached hydrogen (secondary N) is 1. The maximum absolute atomic E-state index is 13.0. The van der Waals surface area contributed by atoms with Gasteiger partial charge in [0.05, 0.1) is 5.92 Å². The molecule has 3 nitrogen and oxygen atoms in total. The van der Waals surface area contributed by atoms with Gasteiger partial charge in [0.15, 0.2) is 5.78 Å². The van der Waals surface area contributed by atoms with Gasteiger partial charge in [-0.3, -0.25) is 9.59 Å². The molecule has 0 unspecified atom stereocenters. The number of hydrogen-bond donors (Lipinski definition) is 1. The quantitative estimate of drug-likeness (QED) is 0.712. The molecule has 0 aliphatic heterocycles. The van der Waals surface area contributed by atoms with Crippen LogP contribution in [0.3, 0.4) is 0 Å². The highest BCUT2D eigenvalue weighted by atomic mass is 16.2. The first-order valence-electron chi connectivity index (χ1n) is 8.25. The van der Waals surface area contributed by atoms with E-state index < -0.39 is 0 Å². The molecule has 0 bridgehead atoms. The highest BCUT2D eigenvalue weighted by Crippen LogP contribution is 2.44. The number of hydrogen-bond acceptors (Lipinski definition) is 2. The van der Waals surface area contributed by atoms with Gasteiger partial charge in [0, 0.05) is 11.3 Å². The third-order valence-electron chi connectivity index (χ3n) is 4.63. The molecular weight excluding hydrogens is 310 g/mol. The third kappa shape index (κ3) is 2.64. The number of carbonyl (C=O) groups excluding carboxylic acids is 2. The summed E-state index contributed by atoms with van der Waals surface area (Å²) in [6, 6.07) is 23.1. The van der Waals surface area contributed by atoms with Crippen LogP contribution in [0.5, 0.6) is 0 Å². The second kappa shape index (κ2) is 6.02. The summed E-state index contributed by atoms with van der Waals surface area (Å²) >= 11 is 0. The summed E-state index contributed by atoms with van der Waals surface area (Å²) < 4.78 is 0. The van der Waals surface area contributed by atoms with Gasteiger partial charge in [-0.05, 0) is 41.3 Å². The summed E-state index contributed by atoms with van der Waals surface area (Å²) in [5.74, 6) is -0.445. The van der Waals surface area contributed by atoms with Crippen molar-refractivity contribution >= 4 is 17.4 Å². The lowest BCUT2D eigenvalue weighted by molar-refractivity contribution is -0.116. The van der Waals surface area contributed by atoms with Crippen LogP contribution in [-0.2, 0) is 4.79 Å². The molecule has 3 aromatic rings. The van der Waals surface area contributed by atoms with Crippen LogP contribution in [0.2, 0.25) is 0 Å². The first-order chi connectivity index (χ1) is 12.1. The first-order valence-corrected chi connectivity index (χ1v) is 8.25. The second-order valence-corrected chi connectivity index (χ2v) is 6.23. The number of rotatable bonds is 3. The fourth-order valence-corrected chi connectivity index (χ4v) is 3.47. The number of fused-ring (bicyclic) bond motifs is 3. The molecule has 1 N–H and O–H groups in total. The monoisotopic (exact) mass is 327 g/mol. The van der Waals surface area contributed by atoms with Gasteiger partial charge >= 0.3 is 0 Å². The van der Waals surface area contributed by atoms with Gasteiger partial charge < -0.3 is 5.32 Å². The number of carbonyl (C=O) groups is 2. The standard InChI is InChI=1S/C22H17NO2/c1-14(24)15-7-6-8-16(13-15)23-22(25)21-19-11-4-2-9-17(19)18-10-3-5-12-20(18)21/h2-13,21H,1H3,(H,23,25). The summed E-state index contributed by atoms with van der Waals surface area (Å²) in [4.78, 5) is 24.6. The molecule has 1 aliphatic rings. The van der Waals surface area contributed by atoms with Crippen LogP contribution in [0.1, 0.15) is 34.3 Å². The molecule has 0 spiro atoms. The second-order valence-electron chi connectivity index (χ2n) is 6.23. The van der Waals surface area contributed by atoms with Crippen LogP contribution in [0.4, 0.5) is 5.69 Å². The maximum Gasteiger partial charge on any atom is 0.236 e. The number of anilines is 1. The van der Waals surface area contributed by atoms with Crippen molar-refractivity contribution in [1.82, 2.24) is 0 Å². The van der Waals surface area contributed by atoms with Gasteiger partial charge in [0.25, 0.3) is 0 Å². The van der Waals surface area contributed by atoms with Gasteiger partial charge in [-0.2, -0.15) is 0 Å². The number of amides is 1. The van der Waals surface area contributed by atoms with Crippen molar-refractivity contribution in [1.29, 1.82) is 0 Å². The molecule has 122 valence electrons. The van der Waals surface area contributed by atoms with E-state index >= 15 is 0 Å². The molecular formula is C22H17NO2. The van der Waals surface area contributed by atoms with E-state index in [1.165, 1.54) is 6.92 Å². The summed E-state index contributed by atoms with van der Waals surface area (Å²) in [6.07, 6.45) is 0. The van der Waals surface area contributed by atoms with Crippen LogP contribution in [-0.4, -0.2) is 11.7 Å². The lowest BCUT2D eigenvalue weighted by Crippen LogP contribution is -2.20. The highest BCUT2D eigenvalue weighted by Gasteiger charge is 2.33. The minimum atomic E-state index is -0.339. The Morgan fingerprint density at radius 3 is 2.00 bits per heavy atom. The topological polar surface area (TPSA) is 46.2 Å². The summed E-state index contributed by atoms with van der Waals surface area (Å²) in [7, 11) is 0. The van der Waals surface area contributed by atoms with Crippen molar-refractivity contribution in [3.05, 3.63) is 89.5 Å². The Kier molecular flexibility index (Phi) is 3.69. The van der Waals surface area contributed by atoms with E-state index in [2.05, 4.69) is 17.4 Å². The van der Waals surface area contributed by atoms with Crippen LogP contribution in [0.15, 0.2) is 72.8 Å². The lowest BCUT2D eigenvalue weighted by atomic mass is 9.96. The van der Waals surface area contributed by atoms with Gasteiger partial charge in [0.1, 0.15) is 0 Å². The summed E-state index contributed by atoms with van der Waals surface area (Å²) in [5.41, 5.74) is 5.48. The van der Waals surface area contributed by atoms with Crippen molar-refractivity contribution in [2.75, 3.05) is 5.32 Å². The highest BCUT2D eigenvalue weighted by molar-refractivity contribution is 6.04. The fraction of sp³-hybridized carbons (Fsp3) is 0.0909. The lowest BCUT2D eigenvalue weighted by Gasteiger charge is -2.14. The Morgan fingerprint density at radius 2 is 1.40 bits per heavy atom. The number of benzene rings is 3. The minimum absolute atomic E-state index is 0.0207. The zero-order valence-electron chi connectivity index (χ0n) is 13.8. The fourth-order valence-electron chi connectivity index (χ4n) is 3.47. The van der Waals surface area contributed by atoms with E-state index in [9.17, 15) is 9.59 Å². The van der Waals surface area contributed by atoms with Crippen LogP contribution in [0.25, 0.3) is 11.1 Å². The van der Waals surface area contributed by atoms with E-state index in [1.807, 2.05) is 36.4 Å². The predicted octanol–water partition coefficient (Wildman–Crippen LogP) is 4.64. The van der Waals surface area contributed by atoms with Crippen molar-refractivity contribution in [3.63, 3.8) is 0 Å². The number of Topliss-reactive ketones (excluding diaryl/α,β-unsaturated/α-hetero) is 1. The minimum Gasteiger partial charge on any atom is -0.325 e. The summed E-state index contributed by atoms with van der Waals surface area (Å²) in [6.45, 7) is 1.52.